The van der Waals surface area contributed by atoms with Gasteiger partial charge in [-0.05, 0) is 55.5 Å². The molecule has 0 fully saturated rings. The number of aryl methyl sites for hydroxylation is 2. The van der Waals surface area contributed by atoms with Crippen molar-refractivity contribution in [2.24, 2.45) is 0 Å². The van der Waals surface area contributed by atoms with E-state index in [1.165, 1.54) is 23.4 Å². The molecule has 4 nitrogen and oxygen atoms in total. The SMILES string of the molecule is Cc1nc(NCCc2ccc(F)cc2)cc(N2CCCc3ccccc32)n1. The van der Waals surface area contributed by atoms with Crippen LogP contribution in [0.2, 0.25) is 0 Å². The molecule has 5 heteroatoms. The standard InChI is InChI=1S/C22H23FN4/c1-16-25-21(24-13-12-17-8-10-19(23)11-9-17)15-22(26-16)27-14-4-6-18-5-2-3-7-20(18)27/h2-3,5,7-11,15H,4,6,12-14H2,1H3,(H,24,25,26). The Labute approximate surface area is 159 Å². The zero-order valence-corrected chi connectivity index (χ0v) is 15.5. The lowest BCUT2D eigenvalue weighted by atomic mass is 10.0. The first-order valence-corrected chi connectivity index (χ1v) is 9.38. The van der Waals surface area contributed by atoms with Gasteiger partial charge in [0.05, 0.1) is 0 Å². The van der Waals surface area contributed by atoms with Crippen LogP contribution < -0.4 is 10.2 Å². The number of halogens is 1. The summed E-state index contributed by atoms with van der Waals surface area (Å²) in [6.45, 7) is 3.62. The zero-order chi connectivity index (χ0) is 18.6. The topological polar surface area (TPSA) is 41.1 Å². The molecule has 0 bridgehead atoms. The average Bonchev–Trinajstić information content (AvgIpc) is 2.69. The molecule has 1 aliphatic heterocycles. The van der Waals surface area contributed by atoms with Crippen molar-refractivity contribution in [1.29, 1.82) is 0 Å². The number of nitrogens with one attached hydrogen (secondary N) is 1. The summed E-state index contributed by atoms with van der Waals surface area (Å²) in [6, 6.07) is 17.2. The van der Waals surface area contributed by atoms with Gasteiger partial charge in [0, 0.05) is 24.8 Å². The van der Waals surface area contributed by atoms with Gasteiger partial charge in [0.2, 0.25) is 0 Å². The molecule has 4 rings (SSSR count). The second-order valence-corrected chi connectivity index (χ2v) is 6.85. The van der Waals surface area contributed by atoms with Gasteiger partial charge in [0.15, 0.2) is 0 Å². The second-order valence-electron chi connectivity index (χ2n) is 6.85. The smallest absolute Gasteiger partial charge is 0.138 e. The number of hydrogen-bond donors (Lipinski definition) is 1. The molecule has 0 unspecified atom stereocenters. The largest absolute Gasteiger partial charge is 0.370 e. The molecular weight excluding hydrogens is 339 g/mol. The molecule has 1 aromatic heterocycles. The molecule has 0 amide bonds. The monoisotopic (exact) mass is 362 g/mol. The number of aromatic nitrogens is 2. The maximum Gasteiger partial charge on any atom is 0.138 e. The summed E-state index contributed by atoms with van der Waals surface area (Å²) in [5.41, 5.74) is 3.70. The zero-order valence-electron chi connectivity index (χ0n) is 15.5. The van der Waals surface area contributed by atoms with Crippen molar-refractivity contribution in [1.82, 2.24) is 9.97 Å². The summed E-state index contributed by atoms with van der Waals surface area (Å²) in [6.07, 6.45) is 3.04. The molecule has 0 saturated heterocycles. The van der Waals surface area contributed by atoms with Crippen LogP contribution >= 0.6 is 0 Å². The first-order chi connectivity index (χ1) is 13.2. The number of nitrogens with zero attached hydrogens (tertiary/aromatic N) is 3. The van der Waals surface area contributed by atoms with E-state index >= 15 is 0 Å². The van der Waals surface area contributed by atoms with Crippen LogP contribution in [0.3, 0.4) is 0 Å². The maximum atomic E-state index is 13.0. The molecule has 0 radical (unpaired) electrons. The van der Waals surface area contributed by atoms with E-state index in [1.54, 1.807) is 0 Å². The highest BCUT2D eigenvalue weighted by Gasteiger charge is 2.19. The average molecular weight is 362 g/mol. The normalized spacial score (nSPS) is 13.3. The molecule has 1 N–H and O–H groups in total. The summed E-state index contributed by atoms with van der Waals surface area (Å²) >= 11 is 0. The van der Waals surface area contributed by atoms with E-state index in [9.17, 15) is 4.39 Å². The Kier molecular flexibility index (Phi) is 5.01. The lowest BCUT2D eigenvalue weighted by Crippen LogP contribution is -2.25. The Morgan fingerprint density at radius 3 is 2.74 bits per heavy atom. The fourth-order valence-electron chi connectivity index (χ4n) is 3.54. The number of fused-ring (bicyclic) bond motifs is 1. The van der Waals surface area contributed by atoms with Crippen molar-refractivity contribution in [2.75, 3.05) is 23.3 Å². The van der Waals surface area contributed by atoms with Gasteiger partial charge in [-0.3, -0.25) is 0 Å². The van der Waals surface area contributed by atoms with Crippen LogP contribution in [0.4, 0.5) is 21.7 Å². The fraction of sp³-hybridized carbons (Fsp3) is 0.273. The highest BCUT2D eigenvalue weighted by atomic mass is 19.1. The highest BCUT2D eigenvalue weighted by Crippen LogP contribution is 2.32. The van der Waals surface area contributed by atoms with Gasteiger partial charge in [0.1, 0.15) is 23.3 Å². The number of benzene rings is 2. The third-order valence-corrected chi connectivity index (χ3v) is 4.84. The number of para-hydroxylation sites is 1. The fourth-order valence-corrected chi connectivity index (χ4v) is 3.54. The molecule has 2 aromatic carbocycles. The van der Waals surface area contributed by atoms with Crippen LogP contribution in [0.5, 0.6) is 0 Å². The number of rotatable bonds is 5. The highest BCUT2D eigenvalue weighted by molar-refractivity contribution is 5.67. The van der Waals surface area contributed by atoms with Gasteiger partial charge in [-0.2, -0.15) is 0 Å². The van der Waals surface area contributed by atoms with Crippen molar-refractivity contribution in [3.05, 3.63) is 77.4 Å². The van der Waals surface area contributed by atoms with Crippen LogP contribution in [0.15, 0.2) is 54.6 Å². The van der Waals surface area contributed by atoms with E-state index in [2.05, 4.69) is 44.5 Å². The molecule has 0 spiro atoms. The van der Waals surface area contributed by atoms with E-state index in [0.29, 0.717) is 0 Å². The van der Waals surface area contributed by atoms with Crippen LogP contribution in [-0.2, 0) is 12.8 Å². The first kappa shape index (κ1) is 17.5. The maximum absolute atomic E-state index is 13.0. The summed E-state index contributed by atoms with van der Waals surface area (Å²) in [5.74, 6) is 2.30. The first-order valence-electron chi connectivity index (χ1n) is 9.38. The number of hydrogen-bond acceptors (Lipinski definition) is 4. The molecule has 1 aliphatic rings. The van der Waals surface area contributed by atoms with Crippen molar-refractivity contribution in [2.45, 2.75) is 26.2 Å². The third kappa shape index (κ3) is 4.08. The van der Waals surface area contributed by atoms with Crippen LogP contribution in [0, 0.1) is 12.7 Å². The van der Waals surface area contributed by atoms with E-state index in [0.717, 1.165) is 55.4 Å². The summed E-state index contributed by atoms with van der Waals surface area (Å²) in [4.78, 5) is 11.5. The van der Waals surface area contributed by atoms with Gasteiger partial charge >= 0.3 is 0 Å². The summed E-state index contributed by atoms with van der Waals surface area (Å²) < 4.78 is 13.0. The summed E-state index contributed by atoms with van der Waals surface area (Å²) in [7, 11) is 0. The predicted molar refractivity (Wildman–Crippen MR) is 107 cm³/mol. The third-order valence-electron chi connectivity index (χ3n) is 4.84. The molecule has 0 saturated carbocycles. The Bertz CT molecular complexity index is 924. The minimum absolute atomic E-state index is 0.204. The molecule has 138 valence electrons. The van der Waals surface area contributed by atoms with Crippen molar-refractivity contribution in [3.8, 4) is 0 Å². The van der Waals surface area contributed by atoms with E-state index in [-0.39, 0.29) is 5.82 Å². The minimum atomic E-state index is -0.204. The molecule has 27 heavy (non-hydrogen) atoms. The lowest BCUT2D eigenvalue weighted by Gasteiger charge is -2.30. The molecule has 0 aliphatic carbocycles. The molecule has 2 heterocycles. The molecular formula is C22H23FN4. The number of anilines is 3. The van der Waals surface area contributed by atoms with Gasteiger partial charge in [0.25, 0.3) is 0 Å². The van der Waals surface area contributed by atoms with E-state index < -0.39 is 0 Å². The Morgan fingerprint density at radius 2 is 1.89 bits per heavy atom. The van der Waals surface area contributed by atoms with Crippen LogP contribution in [0.1, 0.15) is 23.4 Å². The van der Waals surface area contributed by atoms with Gasteiger partial charge < -0.3 is 10.2 Å². The van der Waals surface area contributed by atoms with Gasteiger partial charge in [-0.1, -0.05) is 30.3 Å². The Balaban J connectivity index is 1.49. The van der Waals surface area contributed by atoms with E-state index in [1.807, 2.05) is 25.1 Å². The Morgan fingerprint density at radius 1 is 1.07 bits per heavy atom. The molecule has 3 aromatic rings. The lowest BCUT2D eigenvalue weighted by molar-refractivity contribution is 0.627. The summed E-state index contributed by atoms with van der Waals surface area (Å²) in [5, 5.41) is 3.38. The van der Waals surface area contributed by atoms with Gasteiger partial charge in [-0.25, -0.2) is 14.4 Å². The minimum Gasteiger partial charge on any atom is -0.370 e. The van der Waals surface area contributed by atoms with Gasteiger partial charge in [-0.15, -0.1) is 0 Å². The van der Waals surface area contributed by atoms with Crippen LogP contribution in [0.25, 0.3) is 0 Å². The van der Waals surface area contributed by atoms with Crippen molar-refractivity contribution in [3.63, 3.8) is 0 Å². The quantitative estimate of drug-likeness (QED) is 0.716. The Hall–Kier alpha value is -2.95. The second kappa shape index (κ2) is 7.74. The van der Waals surface area contributed by atoms with Crippen molar-refractivity contribution < 1.29 is 4.39 Å². The van der Waals surface area contributed by atoms with E-state index in [4.69, 9.17) is 0 Å². The predicted octanol–water partition coefficient (Wildman–Crippen LogP) is 4.66. The molecule has 0 atom stereocenters. The van der Waals surface area contributed by atoms with Crippen LogP contribution in [-0.4, -0.2) is 23.1 Å². The van der Waals surface area contributed by atoms with Crippen molar-refractivity contribution >= 4 is 17.3 Å².